The number of hydrogen-bond acceptors (Lipinski definition) is 2. The van der Waals surface area contributed by atoms with Crippen molar-refractivity contribution < 1.29 is 8.42 Å². The second kappa shape index (κ2) is 31.3. The Bertz CT molecular complexity index is 441. The molecule has 0 fully saturated rings. The molecular weight excluding hydrogens is 460 g/mol. The molecule has 0 aromatic carbocycles. The van der Waals surface area contributed by atoms with Crippen LogP contribution in [0.5, 0.6) is 0 Å². The average Bonchev–Trinajstić information content (AvgIpc) is 2.80. The molecule has 0 aromatic rings. The van der Waals surface area contributed by atoms with Crippen molar-refractivity contribution in [2.24, 2.45) is 0 Å². The van der Waals surface area contributed by atoms with Crippen LogP contribution in [0.25, 0.3) is 0 Å². The van der Waals surface area contributed by atoms with E-state index in [1.807, 2.05) is 0 Å². The minimum Gasteiger partial charge on any atom is -0.212 e. The van der Waals surface area contributed by atoms with E-state index in [4.69, 9.17) is 10.7 Å². The van der Waals surface area contributed by atoms with E-state index in [0.717, 1.165) is 12.8 Å². The van der Waals surface area contributed by atoms with Crippen LogP contribution in [0, 0.1) is 0 Å². The highest BCUT2D eigenvalue weighted by atomic mass is 35.7. The van der Waals surface area contributed by atoms with Gasteiger partial charge in [-0.25, -0.2) is 8.42 Å². The van der Waals surface area contributed by atoms with Gasteiger partial charge in [0.1, 0.15) is 0 Å². The van der Waals surface area contributed by atoms with Crippen LogP contribution in [0.1, 0.15) is 188 Å². The fourth-order valence-corrected chi connectivity index (χ4v) is 5.26. The summed E-state index contributed by atoms with van der Waals surface area (Å²) in [7, 11) is 1.90. The van der Waals surface area contributed by atoms with Gasteiger partial charge in [-0.3, -0.25) is 0 Å². The normalized spacial score (nSPS) is 11.4. The van der Waals surface area contributed by atoms with Gasteiger partial charge in [0.05, 0.1) is 5.75 Å². The van der Waals surface area contributed by atoms with Gasteiger partial charge in [0, 0.05) is 10.7 Å². The van der Waals surface area contributed by atoms with Gasteiger partial charge < -0.3 is 0 Å². The first-order valence-corrected chi connectivity index (χ1v) is 17.9. The zero-order valence-corrected chi connectivity index (χ0v) is 25.3. The molecule has 0 rings (SSSR count). The van der Waals surface area contributed by atoms with E-state index >= 15 is 0 Å². The van der Waals surface area contributed by atoms with Crippen molar-refractivity contribution in [2.75, 3.05) is 5.75 Å². The largest absolute Gasteiger partial charge is 0.232 e. The molecule has 0 radical (unpaired) electrons. The van der Waals surface area contributed by atoms with Crippen LogP contribution in [0.4, 0.5) is 0 Å². The number of halogens is 1. The number of hydrogen-bond donors (Lipinski definition) is 0. The third kappa shape index (κ3) is 39.5. The van der Waals surface area contributed by atoms with Crippen LogP contribution in [0.2, 0.25) is 0 Å². The summed E-state index contributed by atoms with van der Waals surface area (Å²) < 4.78 is 21.5. The molecule has 0 heterocycles. The van der Waals surface area contributed by atoms with Gasteiger partial charge in [0.25, 0.3) is 0 Å². The molecule has 0 amide bonds. The van der Waals surface area contributed by atoms with E-state index in [2.05, 4.69) is 20.8 Å². The van der Waals surface area contributed by atoms with Gasteiger partial charge in [0.2, 0.25) is 9.05 Å². The minimum atomic E-state index is -3.27. The van der Waals surface area contributed by atoms with Crippen molar-refractivity contribution in [1.82, 2.24) is 0 Å². The Hall–Kier alpha value is 0.240. The quantitative estimate of drug-likeness (QED) is 0.0835. The molecule has 0 spiro atoms. The van der Waals surface area contributed by atoms with E-state index in [-0.39, 0.29) is 5.75 Å². The van der Waals surface area contributed by atoms with Crippen LogP contribution in [0.15, 0.2) is 0 Å². The van der Waals surface area contributed by atoms with Gasteiger partial charge in [-0.15, -0.1) is 0 Å². The number of unbranched alkanes of at least 4 members (excludes halogenated alkanes) is 24. The summed E-state index contributed by atoms with van der Waals surface area (Å²) in [6.07, 6.45) is 35.2. The summed E-state index contributed by atoms with van der Waals surface area (Å²) in [6.45, 7) is 6.83. The summed E-state index contributed by atoms with van der Waals surface area (Å²) in [4.78, 5) is 0. The van der Waals surface area contributed by atoms with Crippen molar-refractivity contribution in [1.29, 1.82) is 0 Å². The first-order valence-electron chi connectivity index (χ1n) is 15.4. The van der Waals surface area contributed by atoms with Crippen molar-refractivity contribution >= 4 is 19.7 Å². The fourth-order valence-electron chi connectivity index (χ4n) is 4.38. The third-order valence-corrected chi connectivity index (χ3v) is 7.94. The molecule has 0 aliphatic rings. The molecule has 0 saturated carbocycles. The molecule has 0 atom stereocenters. The Morgan fingerprint density at radius 1 is 0.353 bits per heavy atom. The smallest absolute Gasteiger partial charge is 0.212 e. The predicted octanol–water partition coefficient (Wildman–Crippen LogP) is 11.7. The fraction of sp³-hybridized carbons (Fsp3) is 1.00. The van der Waals surface area contributed by atoms with Gasteiger partial charge in [-0.1, -0.05) is 181 Å². The zero-order valence-electron chi connectivity index (χ0n) is 23.7. The molecule has 0 aliphatic carbocycles. The molecule has 208 valence electrons. The van der Waals surface area contributed by atoms with Crippen molar-refractivity contribution in [2.45, 2.75) is 188 Å². The first-order chi connectivity index (χ1) is 16.5. The summed E-state index contributed by atoms with van der Waals surface area (Å²) in [5, 5.41) is 0. The van der Waals surface area contributed by atoms with Crippen LogP contribution in [-0.2, 0) is 9.05 Å². The Balaban J connectivity index is 0. The van der Waals surface area contributed by atoms with Crippen molar-refractivity contribution in [3.05, 3.63) is 0 Å². The van der Waals surface area contributed by atoms with Crippen molar-refractivity contribution in [3.63, 3.8) is 0 Å². The maximum atomic E-state index is 10.7. The molecule has 4 heteroatoms. The highest BCUT2D eigenvalue weighted by Gasteiger charge is 2.03. The highest BCUT2D eigenvalue weighted by molar-refractivity contribution is 8.13. The second-order valence-electron chi connectivity index (χ2n) is 10.4. The maximum Gasteiger partial charge on any atom is 0.232 e. The topological polar surface area (TPSA) is 34.1 Å². The lowest BCUT2D eigenvalue weighted by Crippen LogP contribution is -1.96. The lowest BCUT2D eigenvalue weighted by atomic mass is 10.0. The summed E-state index contributed by atoms with van der Waals surface area (Å²) in [5.41, 5.74) is 0. The molecular formula is C30H63ClO2S. The summed E-state index contributed by atoms with van der Waals surface area (Å²) >= 11 is 0. The number of rotatable bonds is 26. The van der Waals surface area contributed by atoms with Crippen LogP contribution < -0.4 is 0 Å². The third-order valence-electron chi connectivity index (χ3n) is 6.70. The second-order valence-corrected chi connectivity index (χ2v) is 13.3. The standard InChI is InChI=1S/C18H37ClO2S.C12H26/c1-2-3-4-5-6-7-8-9-10-11-12-13-14-15-16-17-18-22(19,20)21;1-3-5-7-9-11-12-10-8-6-4-2/h2-18H2,1H3;3-12H2,1-2H3. The molecule has 0 aliphatic heterocycles. The summed E-state index contributed by atoms with van der Waals surface area (Å²) in [6, 6.07) is 0. The molecule has 0 unspecified atom stereocenters. The monoisotopic (exact) mass is 522 g/mol. The maximum absolute atomic E-state index is 10.7. The van der Waals surface area contributed by atoms with E-state index in [0.29, 0.717) is 6.42 Å². The molecule has 2 nitrogen and oxygen atoms in total. The van der Waals surface area contributed by atoms with E-state index in [1.165, 1.54) is 148 Å². The summed E-state index contributed by atoms with van der Waals surface area (Å²) in [5.74, 6) is 0.132. The van der Waals surface area contributed by atoms with Crippen LogP contribution >= 0.6 is 10.7 Å². The zero-order chi connectivity index (χ0) is 25.6. The molecule has 0 N–H and O–H groups in total. The highest BCUT2D eigenvalue weighted by Crippen LogP contribution is 2.14. The van der Waals surface area contributed by atoms with Gasteiger partial charge in [0.15, 0.2) is 0 Å². The average molecular weight is 523 g/mol. The first kappa shape index (κ1) is 36.4. The van der Waals surface area contributed by atoms with Gasteiger partial charge in [-0.05, 0) is 6.42 Å². The lowest BCUT2D eigenvalue weighted by Gasteiger charge is -2.03. The molecule has 0 saturated heterocycles. The molecule has 0 aromatic heterocycles. The van der Waals surface area contributed by atoms with Crippen molar-refractivity contribution in [3.8, 4) is 0 Å². The molecule has 0 bridgehead atoms. The van der Waals surface area contributed by atoms with E-state index in [9.17, 15) is 8.42 Å². The predicted molar refractivity (Wildman–Crippen MR) is 157 cm³/mol. The molecule has 34 heavy (non-hydrogen) atoms. The Kier molecular flexibility index (Phi) is 33.5. The minimum absolute atomic E-state index is 0.132. The SMILES string of the molecule is CCCCCCCCCCCC.CCCCCCCCCCCCCCCCCCS(=O)(=O)Cl. The lowest BCUT2D eigenvalue weighted by molar-refractivity contribution is 0.531. The van der Waals surface area contributed by atoms with E-state index in [1.54, 1.807) is 0 Å². The van der Waals surface area contributed by atoms with E-state index < -0.39 is 9.05 Å². The van der Waals surface area contributed by atoms with Crippen LogP contribution in [0.3, 0.4) is 0 Å². The Labute approximate surface area is 221 Å². The van der Waals surface area contributed by atoms with Gasteiger partial charge in [-0.2, -0.15) is 0 Å². The van der Waals surface area contributed by atoms with Crippen LogP contribution in [-0.4, -0.2) is 14.2 Å². The van der Waals surface area contributed by atoms with Gasteiger partial charge >= 0.3 is 0 Å². The Morgan fingerprint density at radius 2 is 0.529 bits per heavy atom. The Morgan fingerprint density at radius 3 is 0.706 bits per heavy atom.